The first-order valence-electron chi connectivity index (χ1n) is 5.85. The van der Waals surface area contributed by atoms with Gasteiger partial charge in [-0.2, -0.15) is 0 Å². The molecule has 1 aromatic heterocycles. The van der Waals surface area contributed by atoms with Gasteiger partial charge in [0.2, 0.25) is 0 Å². The minimum atomic E-state index is -3.80. The molecule has 0 saturated heterocycles. The van der Waals surface area contributed by atoms with Gasteiger partial charge < -0.3 is 4.42 Å². The summed E-state index contributed by atoms with van der Waals surface area (Å²) in [6.07, 6.45) is 0. The second-order valence-electron chi connectivity index (χ2n) is 4.29. The number of nitrogens with one attached hydrogen (secondary N) is 2. The van der Waals surface area contributed by atoms with E-state index in [0.29, 0.717) is 16.2 Å². The zero-order chi connectivity index (χ0) is 15.0. The van der Waals surface area contributed by atoms with Gasteiger partial charge in [0.1, 0.15) is 0 Å². The number of aromatic amines is 1. The number of oxazole rings is 1. The number of hydrogen-bond acceptors (Lipinski definition) is 4. The molecule has 21 heavy (non-hydrogen) atoms. The van der Waals surface area contributed by atoms with Crippen molar-refractivity contribution in [1.82, 2.24) is 4.98 Å². The average molecular weight is 325 g/mol. The van der Waals surface area contributed by atoms with Crippen LogP contribution in [0.4, 0.5) is 5.69 Å². The summed E-state index contributed by atoms with van der Waals surface area (Å²) in [5, 5.41) is 0.419. The normalized spacial score (nSPS) is 11.7. The fraction of sp³-hybridized carbons (Fsp3) is 0. The van der Waals surface area contributed by atoms with Crippen molar-refractivity contribution >= 4 is 38.4 Å². The van der Waals surface area contributed by atoms with E-state index in [0.717, 1.165) is 0 Å². The minimum Gasteiger partial charge on any atom is -0.408 e. The number of anilines is 1. The third kappa shape index (κ3) is 2.79. The number of sulfonamides is 1. The molecule has 2 aromatic carbocycles. The lowest BCUT2D eigenvalue weighted by molar-refractivity contribution is 0.554. The second kappa shape index (κ2) is 4.94. The molecule has 0 aliphatic rings. The van der Waals surface area contributed by atoms with E-state index in [-0.39, 0.29) is 10.5 Å². The highest BCUT2D eigenvalue weighted by molar-refractivity contribution is 7.92. The molecule has 0 saturated carbocycles. The quantitative estimate of drug-likeness (QED) is 0.774. The van der Waals surface area contributed by atoms with Gasteiger partial charge in [0, 0.05) is 11.1 Å². The van der Waals surface area contributed by atoms with Crippen LogP contribution in [0.3, 0.4) is 0 Å². The van der Waals surface area contributed by atoms with Gasteiger partial charge in [-0.15, -0.1) is 0 Å². The summed E-state index contributed by atoms with van der Waals surface area (Å²) in [4.78, 5) is 13.5. The third-order valence-electron chi connectivity index (χ3n) is 2.78. The Kier molecular flexibility index (Phi) is 3.23. The molecule has 0 radical (unpaired) electrons. The number of rotatable bonds is 3. The number of H-pyrrole nitrogens is 1. The van der Waals surface area contributed by atoms with Crippen LogP contribution in [-0.2, 0) is 10.0 Å². The maximum absolute atomic E-state index is 12.3. The van der Waals surface area contributed by atoms with E-state index in [9.17, 15) is 13.2 Å². The highest BCUT2D eigenvalue weighted by Gasteiger charge is 2.16. The highest BCUT2D eigenvalue weighted by atomic mass is 35.5. The molecule has 0 unspecified atom stereocenters. The number of benzene rings is 2. The van der Waals surface area contributed by atoms with Crippen LogP contribution in [0.15, 0.2) is 56.6 Å². The van der Waals surface area contributed by atoms with Crippen LogP contribution in [0.1, 0.15) is 0 Å². The smallest absolute Gasteiger partial charge is 0.408 e. The third-order valence-corrected chi connectivity index (χ3v) is 4.39. The van der Waals surface area contributed by atoms with Gasteiger partial charge in [-0.1, -0.05) is 17.7 Å². The zero-order valence-corrected chi connectivity index (χ0v) is 12.0. The number of aromatic nitrogens is 1. The van der Waals surface area contributed by atoms with Crippen LogP contribution in [0.5, 0.6) is 0 Å². The molecular formula is C13H9ClN2O4S. The summed E-state index contributed by atoms with van der Waals surface area (Å²) in [5.74, 6) is -0.637. The predicted molar refractivity (Wildman–Crippen MR) is 79.1 cm³/mol. The molecular weight excluding hydrogens is 316 g/mol. The summed E-state index contributed by atoms with van der Waals surface area (Å²) in [6.45, 7) is 0. The lowest BCUT2D eigenvalue weighted by Gasteiger charge is -2.08. The van der Waals surface area contributed by atoms with Crippen LogP contribution >= 0.6 is 11.6 Å². The van der Waals surface area contributed by atoms with E-state index in [4.69, 9.17) is 16.0 Å². The standard InChI is InChI=1S/C13H9ClN2O4S/c14-8-2-1-3-9(6-8)16-21(18,19)10-4-5-11-12(7-10)20-13(17)15-11/h1-7,16H,(H,15,17). The summed E-state index contributed by atoms with van der Waals surface area (Å²) in [7, 11) is -3.80. The number of hydrogen-bond donors (Lipinski definition) is 2. The van der Waals surface area contributed by atoms with Crippen LogP contribution in [0.25, 0.3) is 11.1 Å². The van der Waals surface area contributed by atoms with Crippen LogP contribution in [0, 0.1) is 0 Å². The SMILES string of the molecule is O=c1[nH]c2ccc(S(=O)(=O)Nc3cccc(Cl)c3)cc2o1. The van der Waals surface area contributed by atoms with Crippen molar-refractivity contribution in [3.05, 3.63) is 58.0 Å². The number of fused-ring (bicyclic) bond motifs is 1. The van der Waals surface area contributed by atoms with E-state index < -0.39 is 15.8 Å². The van der Waals surface area contributed by atoms with Gasteiger partial charge in [-0.25, -0.2) is 13.2 Å². The molecule has 0 bridgehead atoms. The minimum absolute atomic E-state index is 0.0160. The molecule has 0 amide bonds. The van der Waals surface area contributed by atoms with Gasteiger partial charge in [0.15, 0.2) is 5.58 Å². The first kappa shape index (κ1) is 13.7. The van der Waals surface area contributed by atoms with Gasteiger partial charge >= 0.3 is 5.76 Å². The van der Waals surface area contributed by atoms with Crippen LogP contribution in [-0.4, -0.2) is 13.4 Å². The number of halogens is 1. The van der Waals surface area contributed by atoms with Gasteiger partial charge in [0.05, 0.1) is 16.1 Å². The lowest BCUT2D eigenvalue weighted by Crippen LogP contribution is -2.12. The second-order valence-corrected chi connectivity index (χ2v) is 6.41. The Morgan fingerprint density at radius 3 is 2.71 bits per heavy atom. The molecule has 108 valence electrons. The monoisotopic (exact) mass is 324 g/mol. The van der Waals surface area contributed by atoms with Gasteiger partial charge in [-0.05, 0) is 30.3 Å². The van der Waals surface area contributed by atoms with E-state index in [1.807, 2.05) is 0 Å². The molecule has 0 spiro atoms. The summed E-state index contributed by atoms with van der Waals surface area (Å²) >= 11 is 5.81. The van der Waals surface area contributed by atoms with Crippen molar-refractivity contribution in [2.45, 2.75) is 4.90 Å². The Balaban J connectivity index is 2.01. The van der Waals surface area contributed by atoms with E-state index in [1.165, 1.54) is 24.3 Å². The van der Waals surface area contributed by atoms with Crippen LogP contribution in [0.2, 0.25) is 5.02 Å². The predicted octanol–water partition coefficient (Wildman–Crippen LogP) is 2.58. The van der Waals surface area contributed by atoms with E-state index in [2.05, 4.69) is 9.71 Å². The molecule has 8 heteroatoms. The van der Waals surface area contributed by atoms with Crippen molar-refractivity contribution in [2.24, 2.45) is 0 Å². The first-order chi connectivity index (χ1) is 9.94. The molecule has 0 fully saturated rings. The fourth-order valence-electron chi connectivity index (χ4n) is 1.86. The lowest BCUT2D eigenvalue weighted by atomic mass is 10.3. The zero-order valence-electron chi connectivity index (χ0n) is 10.5. The Morgan fingerprint density at radius 2 is 1.95 bits per heavy atom. The fourth-order valence-corrected chi connectivity index (χ4v) is 3.11. The Labute approximate surface area is 124 Å². The molecule has 3 aromatic rings. The molecule has 3 rings (SSSR count). The van der Waals surface area contributed by atoms with E-state index >= 15 is 0 Å². The van der Waals surface area contributed by atoms with E-state index in [1.54, 1.807) is 18.2 Å². The Bertz CT molecular complexity index is 975. The maximum Gasteiger partial charge on any atom is 0.417 e. The summed E-state index contributed by atoms with van der Waals surface area (Å²) in [5.41, 5.74) is 0.953. The largest absolute Gasteiger partial charge is 0.417 e. The van der Waals surface area contributed by atoms with Gasteiger partial charge in [-0.3, -0.25) is 9.71 Å². The highest BCUT2D eigenvalue weighted by Crippen LogP contribution is 2.21. The summed E-state index contributed by atoms with van der Waals surface area (Å²) in [6, 6.07) is 10.5. The first-order valence-corrected chi connectivity index (χ1v) is 7.71. The van der Waals surface area contributed by atoms with Crippen LogP contribution < -0.4 is 10.5 Å². The molecule has 6 nitrogen and oxygen atoms in total. The molecule has 1 heterocycles. The van der Waals surface area contributed by atoms with Crippen molar-refractivity contribution < 1.29 is 12.8 Å². The van der Waals surface area contributed by atoms with Crippen molar-refractivity contribution in [1.29, 1.82) is 0 Å². The van der Waals surface area contributed by atoms with Crippen molar-refractivity contribution in [3.8, 4) is 0 Å². The molecule has 0 atom stereocenters. The molecule has 2 N–H and O–H groups in total. The maximum atomic E-state index is 12.3. The Morgan fingerprint density at radius 1 is 1.14 bits per heavy atom. The Hall–Kier alpha value is -2.25. The topological polar surface area (TPSA) is 92.2 Å². The van der Waals surface area contributed by atoms with Crippen molar-refractivity contribution in [3.63, 3.8) is 0 Å². The average Bonchev–Trinajstić information content (AvgIpc) is 2.77. The molecule has 0 aliphatic carbocycles. The van der Waals surface area contributed by atoms with Gasteiger partial charge in [0.25, 0.3) is 10.0 Å². The summed E-state index contributed by atoms with van der Waals surface area (Å²) < 4.78 is 31.8. The molecule has 0 aliphatic heterocycles. The van der Waals surface area contributed by atoms with Crippen molar-refractivity contribution in [2.75, 3.05) is 4.72 Å².